The SMILES string of the molecule is CC(NC(=O)Cc1cc(C(=O)O)cs1)c1nccc(C(F)F)n1. The zero-order chi connectivity index (χ0) is 17.0. The molecule has 9 heteroatoms. The van der Waals surface area contributed by atoms with E-state index in [-0.39, 0.29) is 23.7 Å². The number of carbonyl (C=O) groups excluding carboxylic acids is 1. The van der Waals surface area contributed by atoms with E-state index < -0.39 is 24.1 Å². The van der Waals surface area contributed by atoms with Gasteiger partial charge in [-0.25, -0.2) is 23.5 Å². The van der Waals surface area contributed by atoms with Crippen molar-refractivity contribution in [3.63, 3.8) is 0 Å². The van der Waals surface area contributed by atoms with Crippen molar-refractivity contribution in [3.05, 3.63) is 45.7 Å². The van der Waals surface area contributed by atoms with E-state index >= 15 is 0 Å². The summed E-state index contributed by atoms with van der Waals surface area (Å²) in [6.45, 7) is 1.58. The molecule has 0 fully saturated rings. The first kappa shape index (κ1) is 16.9. The number of halogens is 2. The molecule has 2 N–H and O–H groups in total. The van der Waals surface area contributed by atoms with E-state index in [1.165, 1.54) is 17.6 Å². The van der Waals surface area contributed by atoms with Gasteiger partial charge in [-0.05, 0) is 19.1 Å². The molecule has 0 saturated carbocycles. The van der Waals surface area contributed by atoms with Crippen LogP contribution in [0, 0.1) is 0 Å². The van der Waals surface area contributed by atoms with Gasteiger partial charge in [-0.2, -0.15) is 0 Å². The van der Waals surface area contributed by atoms with Crippen LogP contribution < -0.4 is 5.32 Å². The molecule has 0 aromatic carbocycles. The summed E-state index contributed by atoms with van der Waals surface area (Å²) in [5, 5.41) is 12.9. The highest BCUT2D eigenvalue weighted by Crippen LogP contribution is 2.18. The molecule has 0 bridgehead atoms. The molecular weight excluding hydrogens is 328 g/mol. The van der Waals surface area contributed by atoms with Gasteiger partial charge in [0.05, 0.1) is 18.0 Å². The van der Waals surface area contributed by atoms with E-state index in [9.17, 15) is 18.4 Å². The molecule has 2 aromatic heterocycles. The average molecular weight is 341 g/mol. The number of carboxylic acids is 1. The first-order valence-corrected chi connectivity index (χ1v) is 7.46. The smallest absolute Gasteiger partial charge is 0.336 e. The van der Waals surface area contributed by atoms with E-state index in [1.54, 1.807) is 6.92 Å². The number of carbonyl (C=O) groups is 2. The van der Waals surface area contributed by atoms with Crippen molar-refractivity contribution in [2.45, 2.75) is 25.8 Å². The van der Waals surface area contributed by atoms with Crippen LogP contribution in [0.4, 0.5) is 8.78 Å². The number of thiophene rings is 1. The summed E-state index contributed by atoms with van der Waals surface area (Å²) in [6, 6.07) is 1.90. The van der Waals surface area contributed by atoms with E-state index in [1.807, 2.05) is 0 Å². The minimum absolute atomic E-state index is 0.00315. The van der Waals surface area contributed by atoms with Crippen molar-refractivity contribution in [1.82, 2.24) is 15.3 Å². The maximum Gasteiger partial charge on any atom is 0.336 e. The number of nitrogens with zero attached hydrogens (tertiary/aromatic N) is 2. The number of alkyl halides is 2. The van der Waals surface area contributed by atoms with Gasteiger partial charge >= 0.3 is 5.97 Å². The van der Waals surface area contributed by atoms with Gasteiger partial charge in [-0.15, -0.1) is 11.3 Å². The highest BCUT2D eigenvalue weighted by atomic mass is 32.1. The monoisotopic (exact) mass is 341 g/mol. The van der Waals surface area contributed by atoms with Crippen LogP contribution in [-0.4, -0.2) is 27.0 Å². The third-order valence-corrected chi connectivity index (χ3v) is 3.86. The molecule has 0 aliphatic heterocycles. The lowest BCUT2D eigenvalue weighted by atomic mass is 10.2. The topological polar surface area (TPSA) is 92.2 Å². The highest BCUT2D eigenvalue weighted by molar-refractivity contribution is 7.10. The van der Waals surface area contributed by atoms with Crippen LogP contribution in [0.3, 0.4) is 0 Å². The van der Waals surface area contributed by atoms with Crippen LogP contribution >= 0.6 is 11.3 Å². The van der Waals surface area contributed by atoms with Crippen molar-refractivity contribution in [3.8, 4) is 0 Å². The highest BCUT2D eigenvalue weighted by Gasteiger charge is 2.17. The number of rotatable bonds is 6. The molecule has 0 aliphatic rings. The number of carboxylic acid groups (broad SMARTS) is 1. The Kier molecular flexibility index (Phi) is 5.32. The second kappa shape index (κ2) is 7.23. The van der Waals surface area contributed by atoms with E-state index in [2.05, 4.69) is 15.3 Å². The maximum atomic E-state index is 12.6. The summed E-state index contributed by atoms with van der Waals surface area (Å²) in [5.74, 6) is -1.34. The first-order chi connectivity index (χ1) is 10.9. The molecule has 0 spiro atoms. The van der Waals surface area contributed by atoms with Gasteiger partial charge in [0.25, 0.3) is 6.43 Å². The molecule has 0 radical (unpaired) electrons. The molecule has 0 saturated heterocycles. The maximum absolute atomic E-state index is 12.6. The van der Waals surface area contributed by atoms with Gasteiger partial charge in [0.15, 0.2) is 5.82 Å². The number of aromatic carboxylic acids is 1. The third-order valence-electron chi connectivity index (χ3n) is 2.92. The van der Waals surface area contributed by atoms with E-state index in [4.69, 9.17) is 5.11 Å². The Morgan fingerprint density at radius 2 is 2.17 bits per heavy atom. The number of hydrogen-bond donors (Lipinski definition) is 2. The summed E-state index contributed by atoms with van der Waals surface area (Å²) >= 11 is 1.16. The fraction of sp³-hybridized carbons (Fsp3) is 0.286. The van der Waals surface area contributed by atoms with Gasteiger partial charge in [0.2, 0.25) is 5.91 Å². The lowest BCUT2D eigenvalue weighted by Gasteiger charge is -2.13. The van der Waals surface area contributed by atoms with Crippen LogP contribution in [0.25, 0.3) is 0 Å². The molecule has 0 aliphatic carbocycles. The van der Waals surface area contributed by atoms with Crippen molar-refractivity contribution in [1.29, 1.82) is 0 Å². The minimum Gasteiger partial charge on any atom is -0.478 e. The Morgan fingerprint density at radius 3 is 2.78 bits per heavy atom. The quantitative estimate of drug-likeness (QED) is 0.842. The lowest BCUT2D eigenvalue weighted by Crippen LogP contribution is -2.29. The van der Waals surface area contributed by atoms with Crippen molar-refractivity contribution in [2.75, 3.05) is 0 Å². The normalized spacial score (nSPS) is 12.2. The second-order valence-corrected chi connectivity index (χ2v) is 5.71. The van der Waals surface area contributed by atoms with E-state index in [0.717, 1.165) is 17.4 Å². The van der Waals surface area contributed by atoms with Gasteiger partial charge < -0.3 is 10.4 Å². The fourth-order valence-electron chi connectivity index (χ4n) is 1.82. The largest absolute Gasteiger partial charge is 0.478 e. The summed E-state index contributed by atoms with van der Waals surface area (Å²) in [4.78, 5) is 30.9. The molecule has 2 heterocycles. The van der Waals surface area contributed by atoms with Gasteiger partial charge in [-0.1, -0.05) is 0 Å². The summed E-state index contributed by atoms with van der Waals surface area (Å²) < 4.78 is 25.2. The Labute approximate surface area is 134 Å². The average Bonchev–Trinajstić information content (AvgIpc) is 2.95. The predicted octanol–water partition coefficient (Wildman–Crippen LogP) is 2.59. The third kappa shape index (κ3) is 4.52. The zero-order valence-electron chi connectivity index (χ0n) is 12.0. The molecule has 1 atom stereocenters. The van der Waals surface area contributed by atoms with E-state index in [0.29, 0.717) is 4.88 Å². The van der Waals surface area contributed by atoms with Crippen molar-refractivity contribution < 1.29 is 23.5 Å². The number of hydrogen-bond acceptors (Lipinski definition) is 5. The number of amides is 1. The lowest BCUT2D eigenvalue weighted by molar-refractivity contribution is -0.121. The van der Waals surface area contributed by atoms with Crippen molar-refractivity contribution >= 4 is 23.2 Å². The predicted molar refractivity (Wildman–Crippen MR) is 78.5 cm³/mol. The Balaban J connectivity index is 1.98. The Morgan fingerprint density at radius 1 is 1.43 bits per heavy atom. The van der Waals surface area contributed by atoms with Gasteiger partial charge in [0.1, 0.15) is 5.69 Å². The summed E-state index contributed by atoms with van der Waals surface area (Å²) in [6.07, 6.45) is -1.50. The molecule has 2 aromatic rings. The zero-order valence-corrected chi connectivity index (χ0v) is 12.8. The van der Waals surface area contributed by atoms with Crippen LogP contribution in [0.2, 0.25) is 0 Å². The molecule has 2 rings (SSSR count). The molecule has 1 unspecified atom stereocenters. The van der Waals surface area contributed by atoms with Gasteiger partial charge in [-0.3, -0.25) is 4.79 Å². The molecule has 6 nitrogen and oxygen atoms in total. The summed E-state index contributed by atoms with van der Waals surface area (Å²) in [5.41, 5.74) is -0.278. The second-order valence-electron chi connectivity index (χ2n) is 4.71. The molecule has 122 valence electrons. The van der Waals surface area contributed by atoms with Crippen LogP contribution in [0.15, 0.2) is 23.7 Å². The number of aromatic nitrogens is 2. The molecular formula is C14H13F2N3O3S. The molecule has 1 amide bonds. The fourth-order valence-corrected chi connectivity index (χ4v) is 2.68. The molecule has 23 heavy (non-hydrogen) atoms. The van der Waals surface area contributed by atoms with Gasteiger partial charge in [0, 0.05) is 16.5 Å². The standard InChI is InChI=1S/C14H13F2N3O3S/c1-7(13-17-3-2-10(19-13)12(15)16)18-11(20)5-9-4-8(6-23-9)14(21)22/h2-4,6-7,12H,5H2,1H3,(H,18,20)(H,21,22). The minimum atomic E-state index is -2.71. The first-order valence-electron chi connectivity index (χ1n) is 6.58. The van der Waals surface area contributed by atoms with Crippen LogP contribution in [-0.2, 0) is 11.2 Å². The van der Waals surface area contributed by atoms with Crippen LogP contribution in [0.5, 0.6) is 0 Å². The number of nitrogens with one attached hydrogen (secondary N) is 1. The summed E-state index contributed by atoms with van der Waals surface area (Å²) in [7, 11) is 0. The Hall–Kier alpha value is -2.42. The van der Waals surface area contributed by atoms with Crippen molar-refractivity contribution in [2.24, 2.45) is 0 Å². The van der Waals surface area contributed by atoms with Crippen LogP contribution in [0.1, 0.15) is 46.1 Å². The Bertz CT molecular complexity index is 721.